The Balaban J connectivity index is 1.22. The monoisotopic (exact) mass is 515 g/mol. The highest BCUT2D eigenvalue weighted by atomic mass is 19.1. The fourth-order valence-corrected chi connectivity index (χ4v) is 5.54. The third-order valence-corrected chi connectivity index (χ3v) is 7.34. The van der Waals surface area contributed by atoms with Gasteiger partial charge in [0.15, 0.2) is 0 Å². The predicted molar refractivity (Wildman–Crippen MR) is 131 cm³/mol. The van der Waals surface area contributed by atoms with Crippen LogP contribution in [0.5, 0.6) is 5.75 Å². The van der Waals surface area contributed by atoms with Gasteiger partial charge in [0.05, 0.1) is 19.1 Å². The zero-order valence-electron chi connectivity index (χ0n) is 20.3. The van der Waals surface area contributed by atoms with Crippen molar-refractivity contribution in [2.45, 2.75) is 75.3 Å². The molecule has 4 N–H and O–H groups in total. The Morgan fingerprint density at radius 2 is 1.89 bits per heavy atom. The van der Waals surface area contributed by atoms with E-state index in [1.807, 2.05) is 6.07 Å². The van der Waals surface area contributed by atoms with Gasteiger partial charge in [0.25, 0.3) is 0 Å². The zero-order chi connectivity index (χ0) is 25.9. The fraction of sp³-hybridized carbons (Fsp3) is 0.481. The number of amides is 3. The van der Waals surface area contributed by atoms with Gasteiger partial charge < -0.3 is 30.5 Å². The van der Waals surface area contributed by atoms with E-state index in [-0.39, 0.29) is 49.0 Å². The maximum absolute atomic E-state index is 13.9. The molecule has 2 heterocycles. The summed E-state index contributed by atoms with van der Waals surface area (Å²) < 4.78 is 39.3. The summed E-state index contributed by atoms with van der Waals surface area (Å²) in [7, 11) is 0. The third kappa shape index (κ3) is 5.86. The molecule has 2 aromatic rings. The summed E-state index contributed by atoms with van der Waals surface area (Å²) in [6, 6.07) is 8.49. The van der Waals surface area contributed by atoms with Crippen LogP contribution in [0, 0.1) is 11.6 Å². The van der Waals surface area contributed by atoms with Crippen molar-refractivity contribution in [2.24, 2.45) is 0 Å². The maximum Gasteiger partial charge on any atom is 0.319 e. The Labute approximate surface area is 213 Å². The lowest BCUT2D eigenvalue weighted by molar-refractivity contribution is -0.142. The van der Waals surface area contributed by atoms with Gasteiger partial charge in [-0.25, -0.2) is 13.6 Å². The first-order valence-electron chi connectivity index (χ1n) is 12.7. The van der Waals surface area contributed by atoms with Crippen molar-refractivity contribution in [3.8, 4) is 5.75 Å². The summed E-state index contributed by atoms with van der Waals surface area (Å²) in [5.41, 5.74) is 1.58. The number of aliphatic hydroxyl groups excluding tert-OH is 1. The molecule has 3 aliphatic rings. The molecule has 0 aromatic heterocycles. The van der Waals surface area contributed by atoms with E-state index in [0.717, 1.165) is 49.4 Å². The molecule has 1 aliphatic carbocycles. The van der Waals surface area contributed by atoms with Gasteiger partial charge in [-0.1, -0.05) is 12.8 Å². The van der Waals surface area contributed by atoms with Crippen molar-refractivity contribution in [3.05, 3.63) is 59.2 Å². The van der Waals surface area contributed by atoms with Crippen molar-refractivity contribution in [3.63, 3.8) is 0 Å². The first-order valence-corrected chi connectivity index (χ1v) is 12.7. The van der Waals surface area contributed by atoms with E-state index < -0.39 is 29.9 Å². The van der Waals surface area contributed by atoms with E-state index in [9.17, 15) is 23.5 Å². The summed E-state index contributed by atoms with van der Waals surface area (Å²) in [5.74, 6) is -1.03. The van der Waals surface area contributed by atoms with Gasteiger partial charge >= 0.3 is 6.03 Å². The fourth-order valence-electron chi connectivity index (χ4n) is 5.54. The van der Waals surface area contributed by atoms with Crippen LogP contribution >= 0.6 is 0 Å². The second-order valence-corrected chi connectivity index (χ2v) is 9.95. The summed E-state index contributed by atoms with van der Waals surface area (Å²) in [6.07, 6.45) is 3.13. The smallest absolute Gasteiger partial charge is 0.319 e. The second-order valence-electron chi connectivity index (χ2n) is 9.95. The molecule has 10 heteroatoms. The van der Waals surface area contributed by atoms with Crippen LogP contribution in [-0.2, 0) is 16.1 Å². The summed E-state index contributed by atoms with van der Waals surface area (Å²) in [4.78, 5) is 25.0. The van der Waals surface area contributed by atoms with Crippen LogP contribution in [0.3, 0.4) is 0 Å². The molecule has 1 saturated carbocycles. The molecule has 0 bridgehead atoms. The van der Waals surface area contributed by atoms with Gasteiger partial charge in [0.2, 0.25) is 5.91 Å². The topological polar surface area (TPSA) is 109 Å². The highest BCUT2D eigenvalue weighted by Gasteiger charge is 2.46. The van der Waals surface area contributed by atoms with Crippen LogP contribution in [0.25, 0.3) is 0 Å². The number of urea groups is 1. The minimum atomic E-state index is -0.633. The minimum absolute atomic E-state index is 0.00623. The van der Waals surface area contributed by atoms with Crippen molar-refractivity contribution >= 4 is 17.6 Å². The molecule has 8 nitrogen and oxygen atoms in total. The van der Waals surface area contributed by atoms with Crippen LogP contribution < -0.4 is 20.7 Å². The number of fused-ring (bicyclic) bond motifs is 3. The van der Waals surface area contributed by atoms with E-state index >= 15 is 0 Å². The lowest BCUT2D eigenvalue weighted by Gasteiger charge is -2.37. The largest absolute Gasteiger partial charge is 0.487 e. The Morgan fingerprint density at radius 3 is 2.68 bits per heavy atom. The number of aliphatic hydroxyl groups is 1. The van der Waals surface area contributed by atoms with Crippen LogP contribution in [0.4, 0.5) is 19.3 Å². The van der Waals surface area contributed by atoms with E-state index in [2.05, 4.69) is 16.0 Å². The number of rotatable bonds is 7. The number of hydrogen-bond acceptors (Lipinski definition) is 5. The number of hydrogen-bond donors (Lipinski definition) is 4. The number of nitrogens with one attached hydrogen (secondary N) is 3. The average Bonchev–Trinajstić information content (AvgIpc) is 3.51. The number of carbonyl (C=O) groups excluding carboxylic acids is 2. The van der Waals surface area contributed by atoms with E-state index in [1.54, 1.807) is 12.1 Å². The van der Waals surface area contributed by atoms with Gasteiger partial charge in [-0.3, -0.25) is 4.79 Å². The van der Waals surface area contributed by atoms with Crippen molar-refractivity contribution in [2.75, 3.05) is 11.9 Å². The molecule has 2 aliphatic heterocycles. The number of benzene rings is 2. The van der Waals surface area contributed by atoms with Gasteiger partial charge in [-0.2, -0.15) is 0 Å². The number of ether oxygens (including phenoxy) is 2. The lowest BCUT2D eigenvalue weighted by atomic mass is 9.84. The number of carbonyl (C=O) groups is 2. The highest BCUT2D eigenvalue weighted by molar-refractivity contribution is 5.89. The van der Waals surface area contributed by atoms with Gasteiger partial charge in [-0.05, 0) is 55.7 Å². The molecule has 0 spiro atoms. The molecule has 2 fully saturated rings. The number of halogens is 2. The highest BCUT2D eigenvalue weighted by Crippen LogP contribution is 2.47. The molecular formula is C27H31F2N3O5. The SMILES string of the molecule is O=C(C[C@H]1C[C@H]2c3cc(NC(=O)NC4CCCC4)ccc3O[C@H]2[C@H](CO)O1)NCc1cc(F)ccc1F. The Bertz CT molecular complexity index is 1160. The van der Waals surface area contributed by atoms with Crippen LogP contribution in [0.15, 0.2) is 36.4 Å². The summed E-state index contributed by atoms with van der Waals surface area (Å²) in [6.45, 7) is -0.425. The van der Waals surface area contributed by atoms with E-state index in [4.69, 9.17) is 9.47 Å². The zero-order valence-corrected chi connectivity index (χ0v) is 20.3. The molecule has 0 radical (unpaired) electrons. The van der Waals surface area contributed by atoms with Crippen molar-refractivity contribution in [1.82, 2.24) is 10.6 Å². The van der Waals surface area contributed by atoms with Crippen LogP contribution in [-0.4, -0.2) is 48.0 Å². The average molecular weight is 516 g/mol. The normalized spacial score (nSPS) is 24.6. The molecule has 1 saturated heterocycles. The van der Waals surface area contributed by atoms with Gasteiger partial charge in [0.1, 0.15) is 29.6 Å². The molecule has 3 amide bonds. The van der Waals surface area contributed by atoms with Crippen LogP contribution in [0.1, 0.15) is 55.6 Å². The Kier molecular flexibility index (Phi) is 7.57. The molecule has 4 atom stereocenters. The van der Waals surface area contributed by atoms with Crippen LogP contribution in [0.2, 0.25) is 0 Å². The maximum atomic E-state index is 13.9. The third-order valence-electron chi connectivity index (χ3n) is 7.34. The Hall–Kier alpha value is -3.24. The second kappa shape index (κ2) is 11.0. The molecule has 37 heavy (non-hydrogen) atoms. The number of anilines is 1. The minimum Gasteiger partial charge on any atom is -0.487 e. The molecular weight excluding hydrogens is 484 g/mol. The summed E-state index contributed by atoms with van der Waals surface area (Å²) >= 11 is 0. The predicted octanol–water partition coefficient (Wildman–Crippen LogP) is 3.73. The molecule has 2 aromatic carbocycles. The van der Waals surface area contributed by atoms with Gasteiger partial charge in [0, 0.05) is 35.3 Å². The molecule has 198 valence electrons. The Morgan fingerprint density at radius 1 is 1.08 bits per heavy atom. The first kappa shape index (κ1) is 25.4. The molecule has 5 rings (SSSR count). The van der Waals surface area contributed by atoms with E-state index in [0.29, 0.717) is 17.9 Å². The van der Waals surface area contributed by atoms with Gasteiger partial charge in [-0.15, -0.1) is 0 Å². The van der Waals surface area contributed by atoms with E-state index in [1.165, 1.54) is 0 Å². The molecule has 0 unspecified atom stereocenters. The first-order chi connectivity index (χ1) is 17.9. The quantitative estimate of drug-likeness (QED) is 0.450. The lowest BCUT2D eigenvalue weighted by Crippen LogP contribution is -2.47. The van der Waals surface area contributed by atoms with Crippen molar-refractivity contribution < 1.29 is 33.0 Å². The van der Waals surface area contributed by atoms with Crippen molar-refractivity contribution in [1.29, 1.82) is 0 Å². The standard InChI is InChI=1S/C27H31F2N3O5/c28-16-5-7-22(29)15(9-16)13-30-25(34)12-19-11-21-20-10-18(32-27(35)31-17-3-1-2-4-17)6-8-23(20)37-26(21)24(14-33)36-19/h5-10,17,19,21,24,26,33H,1-4,11-14H2,(H,30,34)(H2,31,32,35)/t19-,21+,24+,26-/m1/s1. The summed E-state index contributed by atoms with van der Waals surface area (Å²) in [5, 5.41) is 18.5.